The molecule has 0 aliphatic carbocycles. The van der Waals surface area contributed by atoms with Gasteiger partial charge in [-0.1, -0.05) is 34.1 Å². The topological polar surface area (TPSA) is 32.3 Å². The van der Waals surface area contributed by atoms with E-state index < -0.39 is 0 Å². The summed E-state index contributed by atoms with van der Waals surface area (Å²) in [5.41, 5.74) is 1.32. The van der Waals surface area contributed by atoms with Crippen LogP contribution < -0.4 is 5.32 Å². The molecule has 2 nitrogen and oxygen atoms in total. The van der Waals surface area contributed by atoms with Gasteiger partial charge in [0.1, 0.15) is 0 Å². The normalized spacial score (nSPS) is 11.8. The quantitative estimate of drug-likeness (QED) is 0.842. The molecule has 1 rings (SSSR count). The van der Waals surface area contributed by atoms with Crippen LogP contribution in [0.2, 0.25) is 0 Å². The Morgan fingerprint density at radius 2 is 2.00 bits per heavy atom. The number of benzene rings is 1. The van der Waals surface area contributed by atoms with Crippen molar-refractivity contribution in [2.45, 2.75) is 32.2 Å². The van der Waals surface area contributed by atoms with Crippen LogP contribution in [0.15, 0.2) is 28.7 Å². The predicted molar refractivity (Wildman–Crippen MR) is 71.6 cm³/mol. The van der Waals surface area contributed by atoms with Crippen molar-refractivity contribution < 1.29 is 5.11 Å². The number of nitrogens with one attached hydrogen (secondary N) is 1. The summed E-state index contributed by atoms with van der Waals surface area (Å²) < 4.78 is 1.16. The third kappa shape index (κ3) is 4.64. The molecule has 16 heavy (non-hydrogen) atoms. The molecule has 0 spiro atoms. The van der Waals surface area contributed by atoms with Crippen LogP contribution in [-0.4, -0.2) is 23.8 Å². The highest BCUT2D eigenvalue weighted by Crippen LogP contribution is 2.16. The second-order valence-corrected chi connectivity index (χ2v) is 5.48. The van der Waals surface area contributed by atoms with Gasteiger partial charge in [0.2, 0.25) is 0 Å². The SMILES string of the molecule is CC(C)(CCO)NCCc1ccccc1Br. The van der Waals surface area contributed by atoms with Gasteiger partial charge in [0, 0.05) is 16.6 Å². The van der Waals surface area contributed by atoms with Crippen LogP contribution in [0.3, 0.4) is 0 Å². The zero-order chi connectivity index (χ0) is 12.0. The third-order valence-electron chi connectivity index (χ3n) is 2.69. The Hall–Kier alpha value is -0.380. The van der Waals surface area contributed by atoms with Gasteiger partial charge < -0.3 is 10.4 Å². The van der Waals surface area contributed by atoms with Crippen molar-refractivity contribution in [1.82, 2.24) is 5.32 Å². The number of aliphatic hydroxyl groups excluding tert-OH is 1. The molecule has 0 atom stereocenters. The van der Waals surface area contributed by atoms with Crippen LogP contribution in [0.5, 0.6) is 0 Å². The number of hydrogen-bond acceptors (Lipinski definition) is 2. The van der Waals surface area contributed by atoms with Crippen LogP contribution >= 0.6 is 15.9 Å². The fourth-order valence-corrected chi connectivity index (χ4v) is 2.09. The summed E-state index contributed by atoms with van der Waals surface area (Å²) in [6.45, 7) is 5.39. The Morgan fingerprint density at radius 1 is 1.31 bits per heavy atom. The molecular formula is C13H20BrNO. The van der Waals surface area contributed by atoms with Crippen molar-refractivity contribution in [2.24, 2.45) is 0 Å². The van der Waals surface area contributed by atoms with Gasteiger partial charge >= 0.3 is 0 Å². The first-order chi connectivity index (χ1) is 7.55. The van der Waals surface area contributed by atoms with E-state index in [-0.39, 0.29) is 12.1 Å². The summed E-state index contributed by atoms with van der Waals surface area (Å²) in [6, 6.07) is 8.27. The average molecular weight is 286 g/mol. The van der Waals surface area contributed by atoms with Crippen LogP contribution in [0.4, 0.5) is 0 Å². The second-order valence-electron chi connectivity index (χ2n) is 4.63. The molecular weight excluding hydrogens is 266 g/mol. The van der Waals surface area contributed by atoms with E-state index in [4.69, 9.17) is 5.11 Å². The summed E-state index contributed by atoms with van der Waals surface area (Å²) in [5.74, 6) is 0. The molecule has 0 saturated carbocycles. The van der Waals surface area contributed by atoms with E-state index in [2.05, 4.69) is 53.3 Å². The smallest absolute Gasteiger partial charge is 0.0448 e. The number of halogens is 1. The van der Waals surface area contributed by atoms with Gasteiger partial charge in [-0.15, -0.1) is 0 Å². The van der Waals surface area contributed by atoms with Gasteiger partial charge in [-0.2, -0.15) is 0 Å². The molecule has 0 amide bonds. The standard InChI is InChI=1S/C13H20BrNO/c1-13(2,8-10-16)15-9-7-11-5-3-4-6-12(11)14/h3-6,15-16H,7-10H2,1-2H3. The van der Waals surface area contributed by atoms with E-state index in [1.54, 1.807) is 0 Å². The molecule has 1 aromatic carbocycles. The molecule has 0 bridgehead atoms. The van der Waals surface area contributed by atoms with Crippen LogP contribution in [0.25, 0.3) is 0 Å². The lowest BCUT2D eigenvalue weighted by atomic mass is 10.0. The van der Waals surface area contributed by atoms with Gasteiger partial charge in [0.25, 0.3) is 0 Å². The number of rotatable bonds is 6. The zero-order valence-corrected chi connectivity index (χ0v) is 11.5. The molecule has 0 aliphatic rings. The highest BCUT2D eigenvalue weighted by Gasteiger charge is 2.15. The Bertz CT molecular complexity index is 325. The lowest BCUT2D eigenvalue weighted by Crippen LogP contribution is -2.41. The monoisotopic (exact) mass is 285 g/mol. The van der Waals surface area contributed by atoms with Gasteiger partial charge in [0.05, 0.1) is 0 Å². The van der Waals surface area contributed by atoms with E-state index in [9.17, 15) is 0 Å². The highest BCUT2D eigenvalue weighted by molar-refractivity contribution is 9.10. The molecule has 1 aromatic rings. The van der Waals surface area contributed by atoms with Gasteiger partial charge in [-0.05, 0) is 44.9 Å². The Balaban J connectivity index is 2.39. The Kier molecular flexibility index (Phi) is 5.46. The lowest BCUT2D eigenvalue weighted by Gasteiger charge is -2.25. The summed E-state index contributed by atoms with van der Waals surface area (Å²) in [6.07, 6.45) is 1.78. The molecule has 90 valence electrons. The van der Waals surface area contributed by atoms with Gasteiger partial charge in [0.15, 0.2) is 0 Å². The number of aliphatic hydroxyl groups is 1. The minimum absolute atomic E-state index is 0.00993. The van der Waals surface area contributed by atoms with E-state index in [1.807, 2.05) is 6.07 Å². The van der Waals surface area contributed by atoms with E-state index in [0.29, 0.717) is 0 Å². The van der Waals surface area contributed by atoms with Gasteiger partial charge in [-0.25, -0.2) is 0 Å². The largest absolute Gasteiger partial charge is 0.396 e. The van der Waals surface area contributed by atoms with Crippen molar-refractivity contribution in [3.05, 3.63) is 34.3 Å². The first-order valence-corrected chi connectivity index (χ1v) is 6.44. The lowest BCUT2D eigenvalue weighted by molar-refractivity contribution is 0.231. The molecule has 0 aromatic heterocycles. The molecule has 0 unspecified atom stereocenters. The molecule has 0 aliphatic heterocycles. The van der Waals surface area contributed by atoms with Crippen LogP contribution in [0, 0.1) is 0 Å². The maximum Gasteiger partial charge on any atom is 0.0448 e. The maximum absolute atomic E-state index is 8.91. The van der Waals surface area contributed by atoms with Crippen molar-refractivity contribution >= 4 is 15.9 Å². The molecule has 3 heteroatoms. The molecule has 0 saturated heterocycles. The summed E-state index contributed by atoms with van der Waals surface area (Å²) in [5, 5.41) is 12.4. The van der Waals surface area contributed by atoms with Crippen molar-refractivity contribution in [3.8, 4) is 0 Å². The molecule has 0 fully saturated rings. The minimum Gasteiger partial charge on any atom is -0.396 e. The zero-order valence-electron chi connectivity index (χ0n) is 9.96. The van der Waals surface area contributed by atoms with E-state index >= 15 is 0 Å². The van der Waals surface area contributed by atoms with Crippen LogP contribution in [-0.2, 0) is 6.42 Å². The average Bonchev–Trinajstić information content (AvgIpc) is 2.20. The van der Waals surface area contributed by atoms with Gasteiger partial charge in [-0.3, -0.25) is 0 Å². The van der Waals surface area contributed by atoms with Crippen molar-refractivity contribution in [1.29, 1.82) is 0 Å². The van der Waals surface area contributed by atoms with Crippen LogP contribution in [0.1, 0.15) is 25.8 Å². The summed E-state index contributed by atoms with van der Waals surface area (Å²) in [4.78, 5) is 0. The summed E-state index contributed by atoms with van der Waals surface area (Å²) in [7, 11) is 0. The number of hydrogen-bond donors (Lipinski definition) is 2. The fraction of sp³-hybridized carbons (Fsp3) is 0.538. The van der Waals surface area contributed by atoms with Crippen molar-refractivity contribution in [2.75, 3.05) is 13.2 Å². The second kappa shape index (κ2) is 6.38. The Labute approximate surface area is 106 Å². The van der Waals surface area contributed by atoms with E-state index in [0.717, 1.165) is 23.9 Å². The fourth-order valence-electron chi connectivity index (χ4n) is 1.60. The molecule has 0 radical (unpaired) electrons. The highest BCUT2D eigenvalue weighted by atomic mass is 79.9. The molecule has 0 heterocycles. The molecule has 2 N–H and O–H groups in total. The minimum atomic E-state index is 0.00993. The third-order valence-corrected chi connectivity index (χ3v) is 3.47. The Morgan fingerprint density at radius 3 is 2.62 bits per heavy atom. The maximum atomic E-state index is 8.91. The first-order valence-electron chi connectivity index (χ1n) is 5.64. The van der Waals surface area contributed by atoms with E-state index in [1.165, 1.54) is 5.56 Å². The first kappa shape index (κ1) is 13.7. The van der Waals surface area contributed by atoms with Crippen molar-refractivity contribution in [3.63, 3.8) is 0 Å². The predicted octanol–water partition coefficient (Wildman–Crippen LogP) is 2.74. The summed E-state index contributed by atoms with van der Waals surface area (Å²) >= 11 is 3.54.